The third kappa shape index (κ3) is 2.85. The van der Waals surface area contributed by atoms with E-state index in [1.807, 2.05) is 22.9 Å². The standard InChI is InChI=1S/C16H18N2OS/c19-16(13-8-10-20-12-13)17-11-15-7-4-9-18(15)14-5-2-1-3-6-14/h1-3,5-6,8,10,12,15H,4,7,9,11H2,(H,17,19)/t15-/m0/s1. The maximum Gasteiger partial charge on any atom is 0.252 e. The summed E-state index contributed by atoms with van der Waals surface area (Å²) in [7, 11) is 0. The molecule has 3 nitrogen and oxygen atoms in total. The number of amides is 1. The molecule has 1 N–H and O–H groups in total. The van der Waals surface area contributed by atoms with Gasteiger partial charge in [-0.3, -0.25) is 4.79 Å². The minimum absolute atomic E-state index is 0.0335. The van der Waals surface area contributed by atoms with Gasteiger partial charge in [-0.1, -0.05) is 18.2 Å². The van der Waals surface area contributed by atoms with Crippen LogP contribution in [0.25, 0.3) is 0 Å². The summed E-state index contributed by atoms with van der Waals surface area (Å²) in [6.45, 7) is 1.78. The van der Waals surface area contributed by atoms with Crippen LogP contribution in [0.2, 0.25) is 0 Å². The van der Waals surface area contributed by atoms with Gasteiger partial charge in [-0.25, -0.2) is 0 Å². The molecule has 1 aliphatic rings. The van der Waals surface area contributed by atoms with Crippen LogP contribution in [0, 0.1) is 0 Å². The number of thiophene rings is 1. The molecular formula is C16H18N2OS. The van der Waals surface area contributed by atoms with Crippen molar-refractivity contribution in [3.8, 4) is 0 Å². The summed E-state index contributed by atoms with van der Waals surface area (Å²) in [6.07, 6.45) is 2.33. The maximum atomic E-state index is 12.0. The topological polar surface area (TPSA) is 32.3 Å². The van der Waals surface area contributed by atoms with Gasteiger partial charge in [0.15, 0.2) is 0 Å². The molecule has 1 atom stereocenters. The largest absolute Gasteiger partial charge is 0.367 e. The Bertz CT molecular complexity index is 553. The van der Waals surface area contributed by atoms with Gasteiger partial charge in [0.25, 0.3) is 5.91 Å². The number of benzene rings is 1. The molecule has 0 saturated carbocycles. The Labute approximate surface area is 123 Å². The van der Waals surface area contributed by atoms with Gasteiger partial charge in [-0.05, 0) is 36.4 Å². The number of carbonyl (C=O) groups excluding carboxylic acids is 1. The number of hydrogen-bond acceptors (Lipinski definition) is 3. The number of rotatable bonds is 4. The monoisotopic (exact) mass is 286 g/mol. The molecule has 20 heavy (non-hydrogen) atoms. The van der Waals surface area contributed by atoms with Crippen LogP contribution in [0.5, 0.6) is 0 Å². The maximum absolute atomic E-state index is 12.0. The second-order valence-corrected chi connectivity index (χ2v) is 5.83. The molecule has 0 radical (unpaired) electrons. The van der Waals surface area contributed by atoms with Crippen molar-refractivity contribution in [2.45, 2.75) is 18.9 Å². The van der Waals surface area contributed by atoms with E-state index in [9.17, 15) is 4.79 Å². The van der Waals surface area contributed by atoms with Gasteiger partial charge in [-0.2, -0.15) is 11.3 Å². The molecule has 1 fully saturated rings. The number of anilines is 1. The average Bonchev–Trinajstić information content (AvgIpc) is 3.17. The summed E-state index contributed by atoms with van der Waals surface area (Å²) < 4.78 is 0. The van der Waals surface area contributed by atoms with Crippen LogP contribution < -0.4 is 10.2 Å². The van der Waals surface area contributed by atoms with E-state index in [0.717, 1.165) is 18.5 Å². The summed E-state index contributed by atoms with van der Waals surface area (Å²) in [5, 5.41) is 6.87. The third-order valence-corrected chi connectivity index (χ3v) is 4.43. The summed E-state index contributed by atoms with van der Waals surface area (Å²) in [5.74, 6) is 0.0335. The number of nitrogens with zero attached hydrogens (tertiary/aromatic N) is 1. The Morgan fingerprint density at radius 2 is 2.15 bits per heavy atom. The van der Waals surface area contributed by atoms with Gasteiger partial charge in [-0.15, -0.1) is 0 Å². The molecule has 104 valence electrons. The lowest BCUT2D eigenvalue weighted by Crippen LogP contribution is -2.40. The highest BCUT2D eigenvalue weighted by molar-refractivity contribution is 7.08. The van der Waals surface area contributed by atoms with Crippen molar-refractivity contribution in [2.75, 3.05) is 18.0 Å². The molecule has 2 heterocycles. The molecule has 1 saturated heterocycles. The highest BCUT2D eigenvalue weighted by atomic mass is 32.1. The molecule has 2 aromatic rings. The van der Waals surface area contributed by atoms with Crippen molar-refractivity contribution in [1.82, 2.24) is 5.32 Å². The first kappa shape index (κ1) is 13.2. The van der Waals surface area contributed by atoms with E-state index in [1.54, 1.807) is 11.3 Å². The van der Waals surface area contributed by atoms with Crippen LogP contribution >= 0.6 is 11.3 Å². The van der Waals surface area contributed by atoms with E-state index in [2.05, 4.69) is 34.5 Å². The average molecular weight is 286 g/mol. The fraction of sp³-hybridized carbons (Fsp3) is 0.312. The van der Waals surface area contributed by atoms with E-state index in [-0.39, 0.29) is 5.91 Å². The predicted molar refractivity (Wildman–Crippen MR) is 83.5 cm³/mol. The highest BCUT2D eigenvalue weighted by Crippen LogP contribution is 2.24. The summed E-state index contributed by atoms with van der Waals surface area (Å²) >= 11 is 1.55. The Hall–Kier alpha value is -1.81. The molecule has 1 aromatic heterocycles. The van der Waals surface area contributed by atoms with Crippen molar-refractivity contribution in [2.24, 2.45) is 0 Å². The van der Waals surface area contributed by atoms with Crippen LogP contribution in [-0.4, -0.2) is 25.0 Å². The lowest BCUT2D eigenvalue weighted by atomic mass is 10.2. The highest BCUT2D eigenvalue weighted by Gasteiger charge is 2.25. The summed E-state index contributed by atoms with van der Waals surface area (Å²) in [6, 6.07) is 12.7. The third-order valence-electron chi connectivity index (χ3n) is 3.75. The number of carbonyl (C=O) groups is 1. The van der Waals surface area contributed by atoms with Gasteiger partial charge < -0.3 is 10.2 Å². The van der Waals surface area contributed by atoms with Crippen molar-refractivity contribution in [1.29, 1.82) is 0 Å². The van der Waals surface area contributed by atoms with E-state index < -0.39 is 0 Å². The second kappa shape index (κ2) is 6.09. The van der Waals surface area contributed by atoms with Crippen molar-refractivity contribution < 1.29 is 4.79 Å². The van der Waals surface area contributed by atoms with Crippen LogP contribution in [0.15, 0.2) is 47.2 Å². The molecule has 0 unspecified atom stereocenters. The Morgan fingerprint density at radius 1 is 1.30 bits per heavy atom. The lowest BCUT2D eigenvalue weighted by molar-refractivity contribution is 0.0952. The van der Waals surface area contributed by atoms with Crippen LogP contribution in [-0.2, 0) is 0 Å². The van der Waals surface area contributed by atoms with E-state index in [1.165, 1.54) is 12.1 Å². The van der Waals surface area contributed by atoms with E-state index >= 15 is 0 Å². The zero-order chi connectivity index (χ0) is 13.8. The lowest BCUT2D eigenvalue weighted by Gasteiger charge is -2.27. The van der Waals surface area contributed by atoms with E-state index in [0.29, 0.717) is 12.6 Å². The quantitative estimate of drug-likeness (QED) is 0.936. The van der Waals surface area contributed by atoms with Crippen LogP contribution in [0.1, 0.15) is 23.2 Å². The molecule has 1 amide bonds. The van der Waals surface area contributed by atoms with Gasteiger partial charge in [0.05, 0.1) is 0 Å². The second-order valence-electron chi connectivity index (χ2n) is 5.05. The molecule has 0 bridgehead atoms. The smallest absolute Gasteiger partial charge is 0.252 e. The van der Waals surface area contributed by atoms with Crippen molar-refractivity contribution in [3.05, 3.63) is 52.7 Å². The fourth-order valence-corrected chi connectivity index (χ4v) is 3.35. The minimum atomic E-state index is 0.0335. The molecule has 1 aliphatic heterocycles. The van der Waals surface area contributed by atoms with Crippen molar-refractivity contribution in [3.63, 3.8) is 0 Å². The van der Waals surface area contributed by atoms with Crippen LogP contribution in [0.3, 0.4) is 0 Å². The first-order chi connectivity index (χ1) is 9.84. The van der Waals surface area contributed by atoms with Crippen molar-refractivity contribution >= 4 is 22.9 Å². The van der Waals surface area contributed by atoms with Crippen LogP contribution in [0.4, 0.5) is 5.69 Å². The SMILES string of the molecule is O=C(NC[C@@H]1CCCN1c1ccccc1)c1ccsc1. The molecule has 0 aliphatic carbocycles. The van der Waals surface area contributed by atoms with Gasteiger partial charge in [0, 0.05) is 35.8 Å². The summed E-state index contributed by atoms with van der Waals surface area (Å²) in [5.41, 5.74) is 2.01. The normalized spacial score (nSPS) is 18.2. The molecule has 3 rings (SSSR count). The predicted octanol–water partition coefficient (Wildman–Crippen LogP) is 3.15. The molecule has 0 spiro atoms. The summed E-state index contributed by atoms with van der Waals surface area (Å²) in [4.78, 5) is 14.4. The number of hydrogen-bond donors (Lipinski definition) is 1. The molecular weight excluding hydrogens is 268 g/mol. The Kier molecular flexibility index (Phi) is 4.02. The number of para-hydroxylation sites is 1. The van der Waals surface area contributed by atoms with Gasteiger partial charge in [0.1, 0.15) is 0 Å². The Morgan fingerprint density at radius 3 is 2.90 bits per heavy atom. The zero-order valence-electron chi connectivity index (χ0n) is 11.3. The first-order valence-electron chi connectivity index (χ1n) is 6.96. The zero-order valence-corrected chi connectivity index (χ0v) is 12.1. The molecule has 1 aromatic carbocycles. The van der Waals surface area contributed by atoms with Gasteiger partial charge >= 0.3 is 0 Å². The van der Waals surface area contributed by atoms with E-state index in [4.69, 9.17) is 0 Å². The van der Waals surface area contributed by atoms with Gasteiger partial charge in [0.2, 0.25) is 0 Å². The Balaban J connectivity index is 1.61. The molecule has 4 heteroatoms. The fourth-order valence-electron chi connectivity index (χ4n) is 2.71. The minimum Gasteiger partial charge on any atom is -0.367 e. The number of nitrogens with one attached hydrogen (secondary N) is 1. The first-order valence-corrected chi connectivity index (χ1v) is 7.91.